The van der Waals surface area contributed by atoms with Crippen LogP contribution in [-0.2, 0) is 23.8 Å². The van der Waals surface area contributed by atoms with Crippen LogP contribution in [-0.4, -0.2) is 107 Å². The molecule has 324 valence electrons. The lowest BCUT2D eigenvalue weighted by molar-refractivity contribution is -0.136. The van der Waals surface area contributed by atoms with Crippen molar-refractivity contribution < 1.29 is 38.1 Å². The minimum atomic E-state index is -0.878. The number of methoxy groups -OCH3 is 2. The molecule has 4 amide bonds. The lowest BCUT2D eigenvalue weighted by Crippen LogP contribution is -2.50. The summed E-state index contributed by atoms with van der Waals surface area (Å²) in [6.07, 6.45) is 6.98. The molecule has 3 aliphatic heterocycles. The van der Waals surface area contributed by atoms with Crippen molar-refractivity contribution in [2.75, 3.05) is 47.1 Å². The number of aromatic amines is 2. The van der Waals surface area contributed by atoms with E-state index in [1.54, 1.807) is 11.1 Å². The van der Waals surface area contributed by atoms with E-state index >= 15 is 0 Å². The van der Waals surface area contributed by atoms with E-state index in [4.69, 9.17) is 28.9 Å². The van der Waals surface area contributed by atoms with Crippen molar-refractivity contribution in [1.29, 1.82) is 0 Å². The average Bonchev–Trinajstić information content (AvgIpc) is 4.15. The summed E-state index contributed by atoms with van der Waals surface area (Å²) >= 11 is 0. The summed E-state index contributed by atoms with van der Waals surface area (Å²) in [6.45, 7) is 2.02. The zero-order valence-corrected chi connectivity index (χ0v) is 34.9. The van der Waals surface area contributed by atoms with Gasteiger partial charge in [-0.1, -0.05) is 60.7 Å². The number of nitrogens with zero attached hydrogens (tertiary/aromatic N) is 4. The Kier molecular flexibility index (Phi) is 13.1. The highest BCUT2D eigenvalue weighted by molar-refractivity contribution is 5.86. The van der Waals surface area contributed by atoms with Crippen LogP contribution in [0.4, 0.5) is 9.59 Å². The van der Waals surface area contributed by atoms with Gasteiger partial charge in [0.25, 0.3) is 0 Å². The average molecular weight is 845 g/mol. The number of fused-ring (bicyclic) bond motifs is 6. The summed E-state index contributed by atoms with van der Waals surface area (Å²) in [5.41, 5.74) is 6.24. The number of carbonyl (C=O) groups excluding carboxylic acids is 4. The normalized spacial score (nSPS) is 19.8. The highest BCUT2D eigenvalue weighted by Crippen LogP contribution is 2.38. The molecule has 0 unspecified atom stereocenters. The molecule has 2 aromatic heterocycles. The van der Waals surface area contributed by atoms with Gasteiger partial charge < -0.3 is 49.3 Å². The van der Waals surface area contributed by atoms with Gasteiger partial charge in [-0.25, -0.2) is 19.6 Å². The predicted molar refractivity (Wildman–Crippen MR) is 229 cm³/mol. The minimum absolute atomic E-state index is 0.0307. The first-order valence-electron chi connectivity index (χ1n) is 21.2. The van der Waals surface area contributed by atoms with Crippen LogP contribution in [0.2, 0.25) is 0 Å². The van der Waals surface area contributed by atoms with Crippen molar-refractivity contribution in [2.45, 2.75) is 69.1 Å². The maximum Gasteiger partial charge on any atom is 0.407 e. The zero-order valence-electron chi connectivity index (χ0n) is 34.9. The Morgan fingerprint density at radius 3 is 2.26 bits per heavy atom. The molecule has 5 aromatic rings. The second kappa shape index (κ2) is 19.4. The van der Waals surface area contributed by atoms with E-state index in [2.05, 4.69) is 38.8 Å². The second-order valence-corrected chi connectivity index (χ2v) is 15.7. The third kappa shape index (κ3) is 9.44. The molecule has 4 N–H and O–H groups in total. The largest absolute Gasteiger partial charge is 0.493 e. The van der Waals surface area contributed by atoms with E-state index in [1.165, 1.54) is 14.2 Å². The quantitative estimate of drug-likeness (QED) is 0.128. The number of benzene rings is 3. The molecule has 0 spiro atoms. The number of imidazole rings is 2. The second-order valence-electron chi connectivity index (χ2n) is 15.7. The van der Waals surface area contributed by atoms with Gasteiger partial charge >= 0.3 is 12.2 Å². The van der Waals surface area contributed by atoms with Gasteiger partial charge in [-0.3, -0.25) is 9.59 Å². The number of nitrogens with one attached hydrogen (secondary N) is 4. The topological polar surface area (TPSA) is 193 Å². The Morgan fingerprint density at radius 1 is 0.790 bits per heavy atom. The molecule has 4 atom stereocenters. The summed E-state index contributed by atoms with van der Waals surface area (Å²) in [5, 5.41) is 5.46. The molecule has 62 heavy (non-hydrogen) atoms. The standard InChI is InChI=1S/C46H52N8O8/c1-59-45(57)51-34(30-10-4-3-5-11-30)25-41(55)53-20-8-12-38(53)42-47-26-35(49-42)31-16-14-29(15-17-31)32-18-19-33-36-27-48-43(50-36)39-13-9-21-54(39)44(56)37(52-46(58)60-2)28-61-22-6-7-23-62-40(33)24-32/h3-5,10-11,14-19,24,26-27,34,37-39H,6-9,12-13,20-23,25,28H2,1-2H3,(H,47,49)(H,48,50)(H,51,57)(H,52,58)/t34-,37+,38+,39+/m1/s1. The highest BCUT2D eigenvalue weighted by atomic mass is 16.5. The summed E-state index contributed by atoms with van der Waals surface area (Å²) in [5.74, 6) is 1.80. The molecule has 5 heterocycles. The molecule has 0 saturated carbocycles. The van der Waals surface area contributed by atoms with Gasteiger partial charge in [0.1, 0.15) is 23.4 Å². The molecule has 2 bridgehead atoms. The van der Waals surface area contributed by atoms with Crippen molar-refractivity contribution in [1.82, 2.24) is 40.4 Å². The van der Waals surface area contributed by atoms with Crippen LogP contribution in [0.15, 0.2) is 85.2 Å². The first kappa shape index (κ1) is 42.0. The Labute approximate surface area is 359 Å². The molecule has 2 fully saturated rings. The van der Waals surface area contributed by atoms with Gasteiger partial charge in [-0.2, -0.15) is 0 Å². The lowest BCUT2D eigenvalue weighted by atomic mass is 10.00. The number of likely N-dealkylation sites (tertiary alicyclic amines) is 1. The van der Waals surface area contributed by atoms with Crippen LogP contribution >= 0.6 is 0 Å². The molecule has 16 heteroatoms. The van der Waals surface area contributed by atoms with E-state index in [0.29, 0.717) is 50.7 Å². The van der Waals surface area contributed by atoms with Gasteiger partial charge in [0.15, 0.2) is 0 Å². The fraction of sp³-hybridized carbons (Fsp3) is 0.391. The van der Waals surface area contributed by atoms with Gasteiger partial charge in [0.2, 0.25) is 11.8 Å². The molecule has 3 aromatic carbocycles. The number of aromatic nitrogens is 4. The van der Waals surface area contributed by atoms with E-state index in [-0.39, 0.29) is 36.9 Å². The van der Waals surface area contributed by atoms with E-state index < -0.39 is 24.3 Å². The van der Waals surface area contributed by atoms with Gasteiger partial charge in [0, 0.05) is 25.3 Å². The third-order valence-electron chi connectivity index (χ3n) is 11.8. The van der Waals surface area contributed by atoms with E-state index in [0.717, 1.165) is 70.7 Å². The first-order chi connectivity index (χ1) is 30.3. The van der Waals surface area contributed by atoms with Crippen molar-refractivity contribution in [3.63, 3.8) is 0 Å². The first-order valence-corrected chi connectivity index (χ1v) is 21.2. The summed E-state index contributed by atoms with van der Waals surface area (Å²) in [7, 11) is 2.58. The smallest absolute Gasteiger partial charge is 0.407 e. The highest BCUT2D eigenvalue weighted by Gasteiger charge is 2.37. The Balaban J connectivity index is 0.977. The van der Waals surface area contributed by atoms with Crippen LogP contribution in [0.25, 0.3) is 33.6 Å². The Hall–Kier alpha value is -6.68. The maximum absolute atomic E-state index is 13.7. The van der Waals surface area contributed by atoms with Crippen molar-refractivity contribution >= 4 is 24.0 Å². The molecular formula is C46H52N8O8. The van der Waals surface area contributed by atoms with Gasteiger partial charge in [0.05, 0.1) is 75.8 Å². The minimum Gasteiger partial charge on any atom is -0.493 e. The fourth-order valence-corrected chi connectivity index (χ4v) is 8.54. The monoisotopic (exact) mass is 844 g/mol. The number of H-pyrrole nitrogens is 2. The zero-order chi connectivity index (χ0) is 43.0. The Bertz CT molecular complexity index is 2350. The van der Waals surface area contributed by atoms with Crippen LogP contribution in [0.3, 0.4) is 0 Å². The Morgan fingerprint density at radius 2 is 1.47 bits per heavy atom. The van der Waals surface area contributed by atoms with Crippen LogP contribution in [0, 0.1) is 0 Å². The summed E-state index contributed by atoms with van der Waals surface area (Å²) < 4.78 is 21.9. The molecule has 3 aliphatic rings. The van der Waals surface area contributed by atoms with E-state index in [1.807, 2.05) is 65.7 Å². The summed E-state index contributed by atoms with van der Waals surface area (Å²) in [4.78, 5) is 71.8. The SMILES string of the molecule is COC(=O)N[C@H]1COCCCCOc2cc(-c3ccc(-c4cnc([C@@H]5CCCN5C(=O)C[C@@H](NC(=O)OC)c5ccccc5)[nH]4)cc3)ccc2-c2cnc([nH]2)[C@@H]2CCCN2C1=O. The fourth-order valence-electron chi connectivity index (χ4n) is 8.54. The summed E-state index contributed by atoms with van der Waals surface area (Å²) in [6, 6.07) is 21.9. The number of amides is 4. The number of hydrogen-bond donors (Lipinski definition) is 4. The number of hydrogen-bond acceptors (Lipinski definition) is 10. The number of ether oxygens (including phenoxy) is 4. The molecule has 0 aliphatic carbocycles. The van der Waals surface area contributed by atoms with Crippen molar-refractivity contribution in [3.8, 4) is 39.4 Å². The van der Waals surface area contributed by atoms with Gasteiger partial charge in [-0.15, -0.1) is 0 Å². The van der Waals surface area contributed by atoms with Crippen molar-refractivity contribution in [3.05, 3.63) is 102 Å². The molecule has 8 rings (SSSR count). The van der Waals surface area contributed by atoms with Crippen LogP contribution in [0.1, 0.15) is 80.3 Å². The van der Waals surface area contributed by atoms with Crippen molar-refractivity contribution in [2.24, 2.45) is 0 Å². The number of rotatable bonds is 8. The molecule has 16 nitrogen and oxygen atoms in total. The molecule has 2 saturated heterocycles. The lowest BCUT2D eigenvalue weighted by Gasteiger charge is -2.28. The van der Waals surface area contributed by atoms with Gasteiger partial charge in [-0.05, 0) is 72.9 Å². The number of carbonyl (C=O) groups is 4. The molecule has 0 radical (unpaired) electrons. The number of alkyl carbamates (subject to hydrolysis) is 2. The van der Waals surface area contributed by atoms with Crippen LogP contribution in [0.5, 0.6) is 5.75 Å². The van der Waals surface area contributed by atoms with Crippen LogP contribution < -0.4 is 15.4 Å². The third-order valence-corrected chi connectivity index (χ3v) is 11.8. The molecular weight excluding hydrogens is 793 g/mol. The maximum atomic E-state index is 13.7. The predicted octanol–water partition coefficient (Wildman–Crippen LogP) is 6.86. The van der Waals surface area contributed by atoms with E-state index in [9.17, 15) is 19.2 Å².